The van der Waals surface area contributed by atoms with Gasteiger partial charge in [-0.05, 0) is 0 Å². The van der Waals surface area contributed by atoms with Gasteiger partial charge in [-0.2, -0.15) is 13.2 Å². The Morgan fingerprint density at radius 1 is 1.44 bits per heavy atom. The van der Waals surface area contributed by atoms with Gasteiger partial charge in [-0.1, -0.05) is 0 Å². The van der Waals surface area contributed by atoms with Gasteiger partial charge in [0.1, 0.15) is 0 Å². The third-order valence-electron chi connectivity index (χ3n) is 2.33. The molecule has 0 aromatic rings. The van der Waals surface area contributed by atoms with Gasteiger partial charge in [-0.15, -0.1) is 0 Å². The first-order valence-electron chi connectivity index (χ1n) is 4.58. The zero-order valence-corrected chi connectivity index (χ0v) is 8.25. The van der Waals surface area contributed by atoms with Crippen molar-refractivity contribution in [3.8, 4) is 0 Å². The van der Waals surface area contributed by atoms with E-state index in [0.29, 0.717) is 6.61 Å². The molecule has 2 fully saturated rings. The molecule has 16 heavy (non-hydrogen) atoms. The molecule has 2 aliphatic rings. The molecule has 2 rings (SSSR count). The lowest BCUT2D eigenvalue weighted by molar-refractivity contribution is -0.192. The van der Waals surface area contributed by atoms with Crippen molar-refractivity contribution < 1.29 is 32.9 Å². The van der Waals surface area contributed by atoms with Crippen molar-refractivity contribution in [3.63, 3.8) is 0 Å². The van der Waals surface area contributed by atoms with Gasteiger partial charge in [0.15, 0.2) is 0 Å². The van der Waals surface area contributed by atoms with Crippen LogP contribution in [0.4, 0.5) is 13.2 Å². The molecule has 0 radical (unpaired) electrons. The van der Waals surface area contributed by atoms with Gasteiger partial charge in [0, 0.05) is 19.5 Å². The first-order valence-corrected chi connectivity index (χ1v) is 4.58. The number of aliphatic carboxylic acids is 1. The Hall–Kier alpha value is -0.860. The molecule has 1 atom stereocenters. The van der Waals surface area contributed by atoms with Crippen LogP contribution >= 0.6 is 0 Å². The molecule has 8 heteroatoms. The second kappa shape index (κ2) is 4.56. The number of aliphatic hydroxyl groups excluding tert-OH is 1. The van der Waals surface area contributed by atoms with Crippen LogP contribution < -0.4 is 5.32 Å². The second-order valence-corrected chi connectivity index (χ2v) is 3.76. The van der Waals surface area contributed by atoms with Crippen molar-refractivity contribution in [2.24, 2.45) is 0 Å². The van der Waals surface area contributed by atoms with Crippen molar-refractivity contribution in [1.82, 2.24) is 5.32 Å². The largest absolute Gasteiger partial charge is 0.490 e. The molecule has 0 bridgehead atoms. The van der Waals surface area contributed by atoms with E-state index in [1.54, 1.807) is 0 Å². The molecule has 0 unspecified atom stereocenters. The van der Waals surface area contributed by atoms with Crippen molar-refractivity contribution >= 4 is 5.97 Å². The molecule has 1 spiro atoms. The molecule has 0 amide bonds. The highest BCUT2D eigenvalue weighted by molar-refractivity contribution is 5.73. The average molecular weight is 243 g/mol. The summed E-state index contributed by atoms with van der Waals surface area (Å²) in [6.45, 7) is 2.37. The highest BCUT2D eigenvalue weighted by atomic mass is 19.4. The maximum Gasteiger partial charge on any atom is 0.490 e. The van der Waals surface area contributed by atoms with Crippen LogP contribution in [-0.2, 0) is 9.53 Å². The molecule has 3 N–H and O–H groups in total. The lowest BCUT2D eigenvalue weighted by atomic mass is 9.93. The molecule has 5 nitrogen and oxygen atoms in total. The number of carboxylic acid groups (broad SMARTS) is 1. The Morgan fingerprint density at radius 2 is 1.94 bits per heavy atom. The lowest BCUT2D eigenvalue weighted by Gasteiger charge is -2.37. The summed E-state index contributed by atoms with van der Waals surface area (Å²) in [4.78, 5) is 8.90. The van der Waals surface area contributed by atoms with Crippen molar-refractivity contribution in [2.45, 2.75) is 24.3 Å². The van der Waals surface area contributed by atoms with Crippen LogP contribution in [0.15, 0.2) is 0 Å². The SMILES string of the molecule is O=C(O)C(F)(F)F.O[C@H]1COC2(CNC2)C1. The monoisotopic (exact) mass is 243 g/mol. The standard InChI is InChI=1S/C6H11NO2.C2HF3O2/c8-5-1-6(9-2-5)3-7-4-6;3-2(4,5)1(6)7/h5,7-8H,1-4H2;(H,6,7)/t5-;/m1./s1. The topological polar surface area (TPSA) is 78.8 Å². The molecule has 94 valence electrons. The fraction of sp³-hybridized carbons (Fsp3) is 0.875. The third kappa shape index (κ3) is 3.32. The first-order chi connectivity index (χ1) is 7.25. The Labute approximate surface area is 89.2 Å². The number of hydrogen-bond donors (Lipinski definition) is 3. The summed E-state index contributed by atoms with van der Waals surface area (Å²) in [5.74, 6) is -2.76. The summed E-state index contributed by atoms with van der Waals surface area (Å²) in [6.07, 6.45) is -4.48. The predicted octanol–water partition coefficient (Wildman–Crippen LogP) is -0.257. The van der Waals surface area contributed by atoms with Crippen LogP contribution in [0, 0.1) is 0 Å². The zero-order valence-electron chi connectivity index (χ0n) is 8.25. The van der Waals surface area contributed by atoms with Crippen molar-refractivity contribution in [3.05, 3.63) is 0 Å². The minimum absolute atomic E-state index is 0.0272. The fourth-order valence-electron chi connectivity index (χ4n) is 1.47. The van der Waals surface area contributed by atoms with E-state index in [1.165, 1.54) is 0 Å². The normalized spacial score (nSPS) is 26.9. The van der Waals surface area contributed by atoms with E-state index in [0.717, 1.165) is 19.5 Å². The number of carboxylic acids is 1. The Bertz CT molecular complexity index is 264. The maximum absolute atomic E-state index is 10.6. The minimum atomic E-state index is -5.08. The molecule has 0 aromatic carbocycles. The summed E-state index contributed by atoms with van der Waals surface area (Å²) in [6, 6.07) is 0. The summed E-state index contributed by atoms with van der Waals surface area (Å²) in [5, 5.41) is 19.3. The highest BCUT2D eigenvalue weighted by Gasteiger charge is 2.44. The van der Waals surface area contributed by atoms with E-state index in [4.69, 9.17) is 19.7 Å². The van der Waals surface area contributed by atoms with Gasteiger partial charge in [0.2, 0.25) is 0 Å². The zero-order chi connectivity index (χ0) is 12.4. The Balaban J connectivity index is 0.000000168. The minimum Gasteiger partial charge on any atom is -0.475 e. The molecule has 2 heterocycles. The van der Waals surface area contributed by atoms with Gasteiger partial charge < -0.3 is 20.3 Å². The number of carbonyl (C=O) groups is 1. The van der Waals surface area contributed by atoms with E-state index in [2.05, 4.69) is 5.32 Å². The van der Waals surface area contributed by atoms with Crippen LogP contribution in [0.3, 0.4) is 0 Å². The van der Waals surface area contributed by atoms with Crippen LogP contribution in [0.5, 0.6) is 0 Å². The molecular weight excluding hydrogens is 231 g/mol. The summed E-state index contributed by atoms with van der Waals surface area (Å²) >= 11 is 0. The maximum atomic E-state index is 10.6. The van der Waals surface area contributed by atoms with E-state index < -0.39 is 12.1 Å². The Kier molecular flexibility index (Phi) is 3.76. The number of halogens is 3. The van der Waals surface area contributed by atoms with E-state index in [-0.39, 0.29) is 11.7 Å². The number of ether oxygens (including phenoxy) is 1. The van der Waals surface area contributed by atoms with E-state index >= 15 is 0 Å². The van der Waals surface area contributed by atoms with Crippen molar-refractivity contribution in [1.29, 1.82) is 0 Å². The predicted molar refractivity (Wildman–Crippen MR) is 45.9 cm³/mol. The number of nitrogens with one attached hydrogen (secondary N) is 1. The number of alkyl halides is 3. The summed E-state index contributed by atoms with van der Waals surface area (Å²) in [5.41, 5.74) is 0.0272. The molecule has 0 aromatic heterocycles. The third-order valence-corrected chi connectivity index (χ3v) is 2.33. The number of rotatable bonds is 0. The molecule has 2 saturated heterocycles. The first kappa shape index (κ1) is 13.2. The smallest absolute Gasteiger partial charge is 0.475 e. The van der Waals surface area contributed by atoms with Gasteiger partial charge in [-0.3, -0.25) is 0 Å². The van der Waals surface area contributed by atoms with Crippen LogP contribution in [0.1, 0.15) is 6.42 Å². The average Bonchev–Trinajstić information content (AvgIpc) is 2.46. The molecule has 2 aliphatic heterocycles. The second-order valence-electron chi connectivity index (χ2n) is 3.76. The fourth-order valence-corrected chi connectivity index (χ4v) is 1.47. The van der Waals surface area contributed by atoms with Crippen molar-refractivity contribution in [2.75, 3.05) is 19.7 Å². The van der Waals surface area contributed by atoms with Gasteiger partial charge in [0.25, 0.3) is 0 Å². The van der Waals surface area contributed by atoms with E-state index in [1.807, 2.05) is 0 Å². The molecule has 0 aliphatic carbocycles. The van der Waals surface area contributed by atoms with Crippen LogP contribution in [0.2, 0.25) is 0 Å². The van der Waals surface area contributed by atoms with Gasteiger partial charge >= 0.3 is 12.1 Å². The highest BCUT2D eigenvalue weighted by Crippen LogP contribution is 2.28. The Morgan fingerprint density at radius 3 is 2.06 bits per heavy atom. The number of hydrogen-bond acceptors (Lipinski definition) is 4. The molecule has 0 saturated carbocycles. The summed E-state index contributed by atoms with van der Waals surface area (Å²) < 4.78 is 37.1. The number of aliphatic hydroxyl groups is 1. The van der Waals surface area contributed by atoms with E-state index in [9.17, 15) is 13.2 Å². The van der Waals surface area contributed by atoms with Crippen LogP contribution in [-0.4, -0.2) is 53.8 Å². The van der Waals surface area contributed by atoms with Gasteiger partial charge in [-0.25, -0.2) is 4.79 Å². The molecular formula is C8H12F3NO4. The van der Waals surface area contributed by atoms with Gasteiger partial charge in [0.05, 0.1) is 18.3 Å². The summed E-state index contributed by atoms with van der Waals surface area (Å²) in [7, 11) is 0. The quantitative estimate of drug-likeness (QED) is 0.546. The van der Waals surface area contributed by atoms with Crippen LogP contribution in [0.25, 0.3) is 0 Å². The lowest BCUT2D eigenvalue weighted by Crippen LogP contribution is -2.59.